The third-order valence-corrected chi connectivity index (χ3v) is 2.01. The number of carbonyl (C=O) groups is 1. The zero-order chi connectivity index (χ0) is 9.26. The van der Waals surface area contributed by atoms with Gasteiger partial charge in [-0.3, -0.25) is 0 Å². The van der Waals surface area contributed by atoms with Crippen molar-refractivity contribution in [2.24, 2.45) is 0 Å². The van der Waals surface area contributed by atoms with E-state index in [2.05, 4.69) is 5.10 Å². The third kappa shape index (κ3) is 1.33. The molecule has 0 saturated heterocycles. The van der Waals surface area contributed by atoms with Crippen LogP contribution in [-0.2, 0) is 11.2 Å². The Morgan fingerprint density at radius 1 is 1.62 bits per heavy atom. The molecule has 0 bridgehead atoms. The fourth-order valence-corrected chi connectivity index (χ4v) is 1.46. The first-order valence-electron chi connectivity index (χ1n) is 4.19. The minimum Gasteiger partial charge on any atom is -0.303 e. The van der Waals surface area contributed by atoms with Crippen LogP contribution in [0.3, 0.4) is 0 Å². The van der Waals surface area contributed by atoms with E-state index >= 15 is 0 Å². The van der Waals surface area contributed by atoms with Crippen LogP contribution < -0.4 is 0 Å². The van der Waals surface area contributed by atoms with Crippen LogP contribution in [0.1, 0.15) is 11.3 Å². The predicted octanol–water partition coefficient (Wildman–Crippen LogP) is 1.38. The van der Waals surface area contributed by atoms with Gasteiger partial charge in [-0.1, -0.05) is 6.07 Å². The van der Waals surface area contributed by atoms with Crippen LogP contribution in [0.15, 0.2) is 24.4 Å². The SMILES string of the molecule is Cc1cc2c(CC=O)cccn2n1. The molecule has 0 N–H and O–H groups in total. The molecule has 0 aliphatic rings. The van der Waals surface area contributed by atoms with Crippen molar-refractivity contribution in [2.45, 2.75) is 13.3 Å². The van der Waals surface area contributed by atoms with Crippen LogP contribution in [0.25, 0.3) is 5.52 Å². The molecule has 2 aromatic heterocycles. The molecule has 3 nitrogen and oxygen atoms in total. The minimum atomic E-state index is 0.454. The first kappa shape index (κ1) is 7.98. The number of aryl methyl sites for hydroxylation is 1. The van der Waals surface area contributed by atoms with Gasteiger partial charge in [0.05, 0.1) is 11.2 Å². The summed E-state index contributed by atoms with van der Waals surface area (Å²) in [7, 11) is 0. The normalized spacial score (nSPS) is 10.5. The third-order valence-electron chi connectivity index (χ3n) is 2.01. The molecule has 13 heavy (non-hydrogen) atoms. The van der Waals surface area contributed by atoms with Gasteiger partial charge in [-0.25, -0.2) is 4.52 Å². The van der Waals surface area contributed by atoms with Gasteiger partial charge in [-0.15, -0.1) is 0 Å². The zero-order valence-corrected chi connectivity index (χ0v) is 7.40. The molecule has 0 unspecified atom stereocenters. The molecule has 0 radical (unpaired) electrons. The molecule has 0 aliphatic heterocycles. The van der Waals surface area contributed by atoms with E-state index in [1.165, 1.54) is 0 Å². The monoisotopic (exact) mass is 174 g/mol. The van der Waals surface area contributed by atoms with Crippen molar-refractivity contribution in [3.63, 3.8) is 0 Å². The number of aldehydes is 1. The molecule has 2 aromatic rings. The minimum absolute atomic E-state index is 0.454. The molecule has 0 aliphatic carbocycles. The highest BCUT2D eigenvalue weighted by Gasteiger charge is 2.01. The first-order chi connectivity index (χ1) is 6.31. The lowest BCUT2D eigenvalue weighted by molar-refractivity contribution is -0.107. The van der Waals surface area contributed by atoms with E-state index in [1.54, 1.807) is 4.52 Å². The molecule has 0 aromatic carbocycles. The van der Waals surface area contributed by atoms with Crippen LogP contribution in [0.5, 0.6) is 0 Å². The molecular formula is C10H10N2O. The molecule has 2 heterocycles. The van der Waals surface area contributed by atoms with Crippen molar-refractivity contribution in [1.29, 1.82) is 0 Å². The van der Waals surface area contributed by atoms with Gasteiger partial charge in [0.2, 0.25) is 0 Å². The largest absolute Gasteiger partial charge is 0.303 e. The van der Waals surface area contributed by atoms with Crippen LogP contribution in [0, 0.1) is 6.92 Å². The summed E-state index contributed by atoms with van der Waals surface area (Å²) in [5.41, 5.74) is 3.02. The van der Waals surface area contributed by atoms with E-state index in [1.807, 2.05) is 31.3 Å². The quantitative estimate of drug-likeness (QED) is 0.645. The highest BCUT2D eigenvalue weighted by molar-refractivity contribution is 5.64. The van der Waals surface area contributed by atoms with Gasteiger partial charge >= 0.3 is 0 Å². The number of pyridine rings is 1. The van der Waals surface area contributed by atoms with Crippen LogP contribution in [0.4, 0.5) is 0 Å². The molecule has 0 atom stereocenters. The maximum atomic E-state index is 10.4. The Bertz CT molecular complexity index is 445. The number of fused-ring (bicyclic) bond motifs is 1. The number of carbonyl (C=O) groups excluding carboxylic acids is 1. The topological polar surface area (TPSA) is 34.4 Å². The fourth-order valence-electron chi connectivity index (χ4n) is 1.46. The highest BCUT2D eigenvalue weighted by Crippen LogP contribution is 2.11. The summed E-state index contributed by atoms with van der Waals surface area (Å²) >= 11 is 0. The summed E-state index contributed by atoms with van der Waals surface area (Å²) in [6.07, 6.45) is 3.25. The Kier molecular flexibility index (Phi) is 1.85. The molecule has 66 valence electrons. The van der Waals surface area contributed by atoms with Gasteiger partial charge in [0.1, 0.15) is 6.29 Å². The molecule has 0 amide bonds. The van der Waals surface area contributed by atoms with E-state index in [0.29, 0.717) is 6.42 Å². The average Bonchev–Trinajstić information content (AvgIpc) is 2.47. The summed E-state index contributed by atoms with van der Waals surface area (Å²) in [6.45, 7) is 1.94. The lowest BCUT2D eigenvalue weighted by atomic mass is 10.2. The summed E-state index contributed by atoms with van der Waals surface area (Å²) in [4.78, 5) is 10.4. The van der Waals surface area contributed by atoms with Crippen molar-refractivity contribution < 1.29 is 4.79 Å². The smallest absolute Gasteiger partial charge is 0.124 e. The number of aromatic nitrogens is 2. The zero-order valence-electron chi connectivity index (χ0n) is 7.40. The van der Waals surface area contributed by atoms with E-state index in [0.717, 1.165) is 23.1 Å². The maximum Gasteiger partial charge on any atom is 0.124 e. The Hall–Kier alpha value is -1.64. The first-order valence-corrected chi connectivity index (χ1v) is 4.19. The molecule has 2 rings (SSSR count). The van der Waals surface area contributed by atoms with E-state index < -0.39 is 0 Å². The second-order valence-corrected chi connectivity index (χ2v) is 3.02. The standard InChI is InChI=1S/C10H10N2O/c1-8-7-10-9(4-6-13)3-2-5-12(10)11-8/h2-3,5-7H,4H2,1H3. The van der Waals surface area contributed by atoms with Gasteiger partial charge in [0.15, 0.2) is 0 Å². The van der Waals surface area contributed by atoms with Gasteiger partial charge < -0.3 is 4.79 Å². The summed E-state index contributed by atoms with van der Waals surface area (Å²) in [5.74, 6) is 0. The second-order valence-electron chi connectivity index (χ2n) is 3.02. The van der Waals surface area contributed by atoms with Crippen molar-refractivity contribution in [3.8, 4) is 0 Å². The van der Waals surface area contributed by atoms with Crippen molar-refractivity contribution in [3.05, 3.63) is 35.7 Å². The second kappa shape index (κ2) is 3.01. The molecular weight excluding hydrogens is 164 g/mol. The van der Waals surface area contributed by atoms with Gasteiger partial charge in [0.25, 0.3) is 0 Å². The number of rotatable bonds is 2. The lowest BCUT2D eigenvalue weighted by Crippen LogP contribution is -1.92. The number of hydrogen-bond acceptors (Lipinski definition) is 2. The molecule has 3 heteroatoms. The van der Waals surface area contributed by atoms with Gasteiger partial charge in [0, 0.05) is 12.6 Å². The van der Waals surface area contributed by atoms with Crippen molar-refractivity contribution in [2.75, 3.05) is 0 Å². The maximum absolute atomic E-state index is 10.4. The highest BCUT2D eigenvalue weighted by atomic mass is 16.1. The van der Waals surface area contributed by atoms with Crippen molar-refractivity contribution >= 4 is 11.8 Å². The predicted molar refractivity (Wildman–Crippen MR) is 49.7 cm³/mol. The van der Waals surface area contributed by atoms with Crippen molar-refractivity contribution in [1.82, 2.24) is 9.61 Å². The van der Waals surface area contributed by atoms with Crippen LogP contribution >= 0.6 is 0 Å². The van der Waals surface area contributed by atoms with Gasteiger partial charge in [-0.2, -0.15) is 5.10 Å². The van der Waals surface area contributed by atoms with Gasteiger partial charge in [-0.05, 0) is 24.6 Å². The molecule has 0 spiro atoms. The summed E-state index contributed by atoms with van der Waals surface area (Å²) in [5, 5.41) is 4.26. The Morgan fingerprint density at radius 3 is 3.23 bits per heavy atom. The van der Waals surface area contributed by atoms with E-state index in [-0.39, 0.29) is 0 Å². The number of hydrogen-bond donors (Lipinski definition) is 0. The Morgan fingerprint density at radius 2 is 2.46 bits per heavy atom. The van der Waals surface area contributed by atoms with Crippen LogP contribution in [0.2, 0.25) is 0 Å². The average molecular weight is 174 g/mol. The molecule has 0 saturated carbocycles. The van der Waals surface area contributed by atoms with E-state index in [9.17, 15) is 4.79 Å². The van der Waals surface area contributed by atoms with Crippen LogP contribution in [-0.4, -0.2) is 15.9 Å². The molecule has 0 fully saturated rings. The lowest BCUT2D eigenvalue weighted by Gasteiger charge is -1.97. The summed E-state index contributed by atoms with van der Waals surface area (Å²) < 4.78 is 1.80. The van der Waals surface area contributed by atoms with E-state index in [4.69, 9.17) is 0 Å². The Balaban J connectivity index is 2.67. The fraction of sp³-hybridized carbons (Fsp3) is 0.200. The summed E-state index contributed by atoms with van der Waals surface area (Å²) in [6, 6.07) is 5.84. The number of nitrogens with zero attached hydrogens (tertiary/aromatic N) is 2. The Labute approximate surface area is 76.0 Å².